The Hall–Kier alpha value is -2.96. The molecule has 1 aliphatic heterocycles. The van der Waals surface area contributed by atoms with Gasteiger partial charge in [-0.15, -0.1) is 11.3 Å². The van der Waals surface area contributed by atoms with Gasteiger partial charge in [-0.25, -0.2) is 0 Å². The minimum atomic E-state index is -0.546. The molecule has 9 heteroatoms. The summed E-state index contributed by atoms with van der Waals surface area (Å²) < 4.78 is 0.894. The van der Waals surface area contributed by atoms with Crippen LogP contribution in [0.2, 0.25) is 0 Å². The van der Waals surface area contributed by atoms with Gasteiger partial charge in [0.2, 0.25) is 0 Å². The van der Waals surface area contributed by atoms with Gasteiger partial charge in [0.05, 0.1) is 32.0 Å². The molecule has 2 aromatic rings. The zero-order chi connectivity index (χ0) is 22.5. The van der Waals surface area contributed by atoms with E-state index in [0.29, 0.717) is 29.8 Å². The van der Waals surface area contributed by atoms with Crippen LogP contribution in [0.5, 0.6) is 0 Å². The van der Waals surface area contributed by atoms with E-state index in [4.69, 9.17) is 5.73 Å². The van der Waals surface area contributed by atoms with Gasteiger partial charge in [0.15, 0.2) is 5.78 Å². The molecule has 2 N–H and O–H groups in total. The van der Waals surface area contributed by atoms with Crippen molar-refractivity contribution in [2.24, 2.45) is 11.1 Å². The summed E-state index contributed by atoms with van der Waals surface area (Å²) in [5.74, 6) is -0.381. The van der Waals surface area contributed by atoms with Crippen LogP contribution < -0.4 is 10.6 Å². The number of nitro benzene ring substituents is 1. The first-order valence-corrected chi connectivity index (χ1v) is 11.2. The van der Waals surface area contributed by atoms with E-state index < -0.39 is 10.8 Å². The summed E-state index contributed by atoms with van der Waals surface area (Å²) in [6, 6.07) is 12.1. The van der Waals surface area contributed by atoms with E-state index in [1.165, 1.54) is 23.5 Å². The van der Waals surface area contributed by atoms with E-state index in [1.54, 1.807) is 17.0 Å². The molecule has 0 fully saturated rings. The minimum absolute atomic E-state index is 0.0311. The molecular weight excluding hydrogens is 480 g/mol. The van der Waals surface area contributed by atoms with Crippen LogP contribution in [0.1, 0.15) is 37.5 Å². The van der Waals surface area contributed by atoms with Crippen LogP contribution in [-0.2, 0) is 4.79 Å². The molecule has 4 rings (SSSR count). The highest BCUT2D eigenvalue weighted by molar-refractivity contribution is 9.11. The van der Waals surface area contributed by atoms with Crippen molar-refractivity contribution in [3.63, 3.8) is 0 Å². The summed E-state index contributed by atoms with van der Waals surface area (Å²) in [6.07, 6.45) is 0.912. The number of halogens is 1. The molecule has 0 amide bonds. The second-order valence-electron chi connectivity index (χ2n) is 8.40. The van der Waals surface area contributed by atoms with E-state index in [1.807, 2.05) is 26.0 Å². The number of Topliss-reactive ketones (excluding diaryl/α,β-unsaturated/α-hetero) is 1. The third-order valence-electron chi connectivity index (χ3n) is 5.56. The lowest BCUT2D eigenvalue weighted by Gasteiger charge is -2.43. The average Bonchev–Trinajstić information content (AvgIpc) is 3.12. The number of ketones is 1. The molecule has 0 bridgehead atoms. The van der Waals surface area contributed by atoms with Gasteiger partial charge < -0.3 is 5.73 Å². The molecule has 2 aliphatic rings. The average molecular weight is 499 g/mol. The molecule has 0 unspecified atom stereocenters. The van der Waals surface area contributed by atoms with Crippen LogP contribution in [0.4, 0.5) is 11.4 Å². The number of benzene rings is 1. The number of anilines is 1. The number of hydrogen-bond donors (Lipinski definition) is 1. The fourth-order valence-corrected chi connectivity index (χ4v) is 5.86. The van der Waals surface area contributed by atoms with Crippen LogP contribution >= 0.6 is 27.3 Å². The normalized spacial score (nSPS) is 20.5. The molecule has 1 aliphatic carbocycles. The van der Waals surface area contributed by atoms with Crippen molar-refractivity contribution in [1.82, 2.24) is 0 Å². The first-order valence-electron chi connectivity index (χ1n) is 9.59. The molecule has 1 aromatic heterocycles. The summed E-state index contributed by atoms with van der Waals surface area (Å²) in [5, 5.41) is 21.4. The molecule has 1 atom stereocenters. The number of hydrogen-bond acceptors (Lipinski definition) is 7. The topological polar surface area (TPSA) is 113 Å². The Bertz CT molecular complexity index is 1220. The predicted molar refractivity (Wildman–Crippen MR) is 122 cm³/mol. The molecule has 2 heterocycles. The van der Waals surface area contributed by atoms with Gasteiger partial charge in [-0.3, -0.25) is 19.8 Å². The SMILES string of the molecule is CC1(C)CC(=O)C2=C(C1)N(c1cccc([N+](=O)[O-])c1)C(N)=C(C#N)[C@@H]2c1ccc(Br)s1. The maximum atomic E-state index is 13.4. The lowest BCUT2D eigenvalue weighted by Crippen LogP contribution is -2.42. The maximum absolute atomic E-state index is 13.4. The molecule has 0 spiro atoms. The fourth-order valence-electron chi connectivity index (χ4n) is 4.32. The number of non-ortho nitro benzene ring substituents is 1. The summed E-state index contributed by atoms with van der Waals surface area (Å²) in [7, 11) is 0. The number of rotatable bonds is 3. The smallest absolute Gasteiger partial charge is 0.271 e. The number of nitro groups is 1. The van der Waals surface area contributed by atoms with E-state index in [9.17, 15) is 20.2 Å². The fraction of sp³-hybridized carbons (Fsp3) is 0.273. The standard InChI is InChI=1S/C22H19BrN4O3S/c1-22(2)9-15-20(16(28)10-22)19(17-6-7-18(23)31-17)14(11-24)21(25)26(15)12-4-3-5-13(8-12)27(29)30/h3-8,19H,9-10,25H2,1-2H3/t19-/m1/s1. The van der Waals surface area contributed by atoms with Gasteiger partial charge in [0.25, 0.3) is 5.69 Å². The number of nitrogens with zero attached hydrogens (tertiary/aromatic N) is 3. The predicted octanol–water partition coefficient (Wildman–Crippen LogP) is 5.36. The molecule has 0 saturated heterocycles. The molecule has 1 aromatic carbocycles. The van der Waals surface area contributed by atoms with Crippen molar-refractivity contribution >= 4 is 44.4 Å². The van der Waals surface area contributed by atoms with Crippen molar-refractivity contribution in [2.45, 2.75) is 32.6 Å². The quantitative estimate of drug-likeness (QED) is 0.449. The molecule has 0 radical (unpaired) electrons. The van der Waals surface area contributed by atoms with E-state index in [-0.39, 0.29) is 28.3 Å². The van der Waals surface area contributed by atoms with Crippen LogP contribution in [0.15, 0.2) is 62.8 Å². The van der Waals surface area contributed by atoms with Crippen molar-refractivity contribution in [3.8, 4) is 6.07 Å². The zero-order valence-electron chi connectivity index (χ0n) is 16.9. The summed E-state index contributed by atoms with van der Waals surface area (Å²) in [6.45, 7) is 4.02. The number of nitriles is 1. The Labute approximate surface area is 191 Å². The van der Waals surface area contributed by atoms with E-state index in [0.717, 1.165) is 8.66 Å². The van der Waals surface area contributed by atoms with Gasteiger partial charge in [0.1, 0.15) is 5.82 Å². The van der Waals surface area contributed by atoms with Crippen molar-refractivity contribution in [2.75, 3.05) is 4.90 Å². The third-order valence-corrected chi connectivity index (χ3v) is 7.25. The Morgan fingerprint density at radius 3 is 2.68 bits per heavy atom. The van der Waals surface area contributed by atoms with Crippen LogP contribution in [-0.4, -0.2) is 10.7 Å². The summed E-state index contributed by atoms with van der Waals surface area (Å²) in [4.78, 5) is 26.7. The number of carbonyl (C=O) groups excluding carboxylic acids is 1. The second kappa shape index (κ2) is 7.62. The summed E-state index contributed by atoms with van der Waals surface area (Å²) in [5.41, 5.74) is 8.12. The Balaban J connectivity index is 2.00. The minimum Gasteiger partial charge on any atom is -0.384 e. The highest BCUT2D eigenvalue weighted by Gasteiger charge is 2.45. The first-order chi connectivity index (χ1) is 14.6. The number of allylic oxidation sites excluding steroid dienone is 3. The second-order valence-corrected chi connectivity index (χ2v) is 10.9. The highest BCUT2D eigenvalue weighted by atomic mass is 79.9. The van der Waals surface area contributed by atoms with Gasteiger partial charge in [-0.05, 0) is 46.0 Å². The van der Waals surface area contributed by atoms with Crippen LogP contribution in [0.25, 0.3) is 0 Å². The molecule has 7 nitrogen and oxygen atoms in total. The van der Waals surface area contributed by atoms with E-state index in [2.05, 4.69) is 22.0 Å². The van der Waals surface area contributed by atoms with Gasteiger partial charge >= 0.3 is 0 Å². The number of carbonyl (C=O) groups is 1. The van der Waals surface area contributed by atoms with Gasteiger partial charge in [-0.1, -0.05) is 19.9 Å². The Morgan fingerprint density at radius 1 is 1.32 bits per heavy atom. The van der Waals surface area contributed by atoms with Crippen LogP contribution in [0, 0.1) is 26.9 Å². The molecule has 31 heavy (non-hydrogen) atoms. The van der Waals surface area contributed by atoms with Crippen molar-refractivity contribution < 1.29 is 9.72 Å². The number of nitrogens with two attached hydrogens (primary N) is 1. The number of thiophene rings is 1. The lowest BCUT2D eigenvalue weighted by molar-refractivity contribution is -0.384. The Kier molecular flexibility index (Phi) is 5.23. The van der Waals surface area contributed by atoms with E-state index >= 15 is 0 Å². The van der Waals surface area contributed by atoms with Crippen molar-refractivity contribution in [1.29, 1.82) is 5.26 Å². The van der Waals surface area contributed by atoms with Crippen LogP contribution in [0.3, 0.4) is 0 Å². The highest BCUT2D eigenvalue weighted by Crippen LogP contribution is 2.51. The monoisotopic (exact) mass is 498 g/mol. The van der Waals surface area contributed by atoms with Gasteiger partial charge in [-0.2, -0.15) is 5.26 Å². The van der Waals surface area contributed by atoms with Crippen molar-refractivity contribution in [3.05, 3.63) is 77.8 Å². The molecule has 0 saturated carbocycles. The van der Waals surface area contributed by atoms with Gasteiger partial charge in [0, 0.05) is 34.7 Å². The molecule has 158 valence electrons. The maximum Gasteiger partial charge on any atom is 0.271 e. The lowest BCUT2D eigenvalue weighted by atomic mass is 9.69. The Morgan fingerprint density at radius 2 is 2.06 bits per heavy atom. The molecular formula is C22H19BrN4O3S. The zero-order valence-corrected chi connectivity index (χ0v) is 19.3. The largest absolute Gasteiger partial charge is 0.384 e. The first kappa shape index (κ1) is 21.3. The summed E-state index contributed by atoms with van der Waals surface area (Å²) >= 11 is 4.92. The third kappa shape index (κ3) is 3.66.